The van der Waals surface area contributed by atoms with Crippen LogP contribution in [0.2, 0.25) is 0 Å². The lowest BCUT2D eigenvalue weighted by molar-refractivity contribution is -0.0494. The summed E-state index contributed by atoms with van der Waals surface area (Å²) in [5.41, 5.74) is 1.86. The molecule has 0 amide bonds. The standard InChI is InChI=1S/C29H39F2N9O3S/c1-32-10-14-37(2)19-7-12-38(13-8-19)25(41)18-39-17-23(35-28(42)22-16-34-40-11-4-9-33-27(22)40)26(36-39)21-15-20(44-3)5-6-24(21)43-29(30)31/h4-6,9,11,15-17,19,25,28-29,32,35,41-42H,7-8,10,12-14,18H2,1-3H3. The topological polar surface area (TPSA) is 128 Å². The van der Waals surface area contributed by atoms with Crippen molar-refractivity contribution in [2.45, 2.75) is 49.4 Å². The van der Waals surface area contributed by atoms with Gasteiger partial charge < -0.3 is 30.5 Å². The van der Waals surface area contributed by atoms with Crippen molar-refractivity contribution >= 4 is 23.1 Å². The zero-order valence-corrected chi connectivity index (χ0v) is 25.8. The van der Waals surface area contributed by atoms with E-state index in [4.69, 9.17) is 9.84 Å². The summed E-state index contributed by atoms with van der Waals surface area (Å²) in [6.07, 6.45) is 8.16. The SMILES string of the molecule is CNCCN(C)C1CCN(C(O)Cn2cc(NC(O)c3cnn4cccnc34)c(-c3cc(SC)ccc3OC(F)F)n2)CC1. The molecule has 3 aromatic heterocycles. The maximum atomic E-state index is 13.4. The maximum absolute atomic E-state index is 13.4. The molecule has 4 N–H and O–H groups in total. The van der Waals surface area contributed by atoms with E-state index in [1.807, 2.05) is 18.2 Å². The zero-order valence-electron chi connectivity index (χ0n) is 25.0. The van der Waals surface area contributed by atoms with E-state index >= 15 is 0 Å². The van der Waals surface area contributed by atoms with E-state index in [1.165, 1.54) is 24.0 Å². The number of halogens is 2. The van der Waals surface area contributed by atoms with Crippen LogP contribution >= 0.6 is 11.8 Å². The fraction of sp³-hybridized carbons (Fsp3) is 0.483. The number of nitrogens with one attached hydrogen (secondary N) is 2. The molecule has 0 spiro atoms. The van der Waals surface area contributed by atoms with E-state index in [0.717, 1.165) is 43.9 Å². The van der Waals surface area contributed by atoms with Crippen molar-refractivity contribution in [2.75, 3.05) is 51.8 Å². The number of aliphatic hydroxyl groups excluding tert-OH is 2. The molecule has 15 heteroatoms. The quantitative estimate of drug-likeness (QED) is 0.121. The molecule has 1 aliphatic heterocycles. The number of anilines is 1. The number of benzene rings is 1. The molecule has 4 heterocycles. The van der Waals surface area contributed by atoms with Gasteiger partial charge >= 0.3 is 6.61 Å². The molecular weight excluding hydrogens is 592 g/mol. The molecule has 1 fully saturated rings. The highest BCUT2D eigenvalue weighted by atomic mass is 32.2. The largest absolute Gasteiger partial charge is 0.434 e. The second kappa shape index (κ2) is 14.6. The second-order valence-corrected chi connectivity index (χ2v) is 11.6. The lowest BCUT2D eigenvalue weighted by atomic mass is 10.0. The van der Waals surface area contributed by atoms with Gasteiger partial charge in [0.15, 0.2) is 11.9 Å². The molecule has 1 saturated heterocycles. The summed E-state index contributed by atoms with van der Waals surface area (Å²) >= 11 is 1.45. The Hall–Kier alpha value is -3.34. The Morgan fingerprint density at radius 2 is 2.02 bits per heavy atom. The van der Waals surface area contributed by atoms with Gasteiger partial charge in [0.2, 0.25) is 0 Å². The highest BCUT2D eigenvalue weighted by Gasteiger charge is 2.28. The van der Waals surface area contributed by atoms with Gasteiger partial charge in [-0.05, 0) is 57.5 Å². The smallest absolute Gasteiger partial charge is 0.387 e. The molecule has 0 radical (unpaired) electrons. The van der Waals surface area contributed by atoms with Crippen LogP contribution in [-0.2, 0) is 6.54 Å². The van der Waals surface area contributed by atoms with Crippen LogP contribution in [0.1, 0.15) is 24.6 Å². The fourth-order valence-corrected chi connectivity index (χ4v) is 5.92. The summed E-state index contributed by atoms with van der Waals surface area (Å²) in [5, 5.41) is 37.6. The van der Waals surface area contributed by atoms with Crippen LogP contribution in [0.5, 0.6) is 5.75 Å². The molecule has 12 nitrogen and oxygen atoms in total. The number of likely N-dealkylation sites (N-methyl/N-ethyl adjacent to an activating group) is 2. The van der Waals surface area contributed by atoms with Crippen LogP contribution in [0, 0.1) is 0 Å². The number of rotatable bonds is 14. The molecule has 0 bridgehead atoms. The lowest BCUT2D eigenvalue weighted by Gasteiger charge is -2.38. The summed E-state index contributed by atoms with van der Waals surface area (Å²) in [6.45, 7) is 0.446. The number of ether oxygens (including phenoxy) is 1. The third-order valence-electron chi connectivity index (χ3n) is 7.92. The zero-order chi connectivity index (χ0) is 31.2. The van der Waals surface area contributed by atoms with Crippen molar-refractivity contribution in [2.24, 2.45) is 0 Å². The molecule has 2 unspecified atom stereocenters. The molecule has 238 valence electrons. The van der Waals surface area contributed by atoms with E-state index in [-0.39, 0.29) is 18.0 Å². The first-order valence-electron chi connectivity index (χ1n) is 14.5. The average molecular weight is 632 g/mol. The van der Waals surface area contributed by atoms with Crippen LogP contribution < -0.4 is 15.4 Å². The number of likely N-dealkylation sites (tertiary alicyclic amines) is 1. The minimum Gasteiger partial charge on any atom is -0.434 e. The predicted molar refractivity (Wildman–Crippen MR) is 165 cm³/mol. The minimum atomic E-state index is -3.04. The van der Waals surface area contributed by atoms with Gasteiger partial charge in [0, 0.05) is 61.3 Å². The van der Waals surface area contributed by atoms with Crippen molar-refractivity contribution in [3.63, 3.8) is 0 Å². The van der Waals surface area contributed by atoms with Crippen molar-refractivity contribution in [3.8, 4) is 17.0 Å². The summed E-state index contributed by atoms with van der Waals surface area (Å²) in [4.78, 5) is 9.50. The van der Waals surface area contributed by atoms with E-state index in [2.05, 4.69) is 32.7 Å². The van der Waals surface area contributed by atoms with Crippen LogP contribution in [0.3, 0.4) is 0 Å². The van der Waals surface area contributed by atoms with Crippen LogP contribution in [0.4, 0.5) is 14.5 Å². The minimum absolute atomic E-state index is 0.0525. The van der Waals surface area contributed by atoms with Crippen molar-refractivity contribution in [1.82, 2.24) is 39.5 Å². The molecule has 44 heavy (non-hydrogen) atoms. The Morgan fingerprint density at radius 1 is 1.23 bits per heavy atom. The monoisotopic (exact) mass is 631 g/mol. The summed E-state index contributed by atoms with van der Waals surface area (Å²) < 4.78 is 34.8. The molecule has 0 saturated carbocycles. The molecule has 1 aliphatic rings. The van der Waals surface area contributed by atoms with Crippen LogP contribution in [-0.4, -0.2) is 110 Å². The number of hydrogen-bond donors (Lipinski definition) is 4. The van der Waals surface area contributed by atoms with E-state index < -0.39 is 19.1 Å². The Kier molecular flexibility index (Phi) is 10.7. The number of piperidine rings is 1. The molecule has 2 atom stereocenters. The van der Waals surface area contributed by atoms with Crippen molar-refractivity contribution in [3.05, 3.63) is 54.6 Å². The Balaban J connectivity index is 1.41. The van der Waals surface area contributed by atoms with Gasteiger partial charge in [0.05, 0.1) is 24.0 Å². The van der Waals surface area contributed by atoms with Gasteiger partial charge in [-0.3, -0.25) is 9.58 Å². The first kappa shape index (κ1) is 32.1. The van der Waals surface area contributed by atoms with Gasteiger partial charge in [0.1, 0.15) is 17.7 Å². The van der Waals surface area contributed by atoms with E-state index in [1.54, 1.807) is 46.0 Å². The second-order valence-electron chi connectivity index (χ2n) is 10.7. The number of fused-ring (bicyclic) bond motifs is 1. The van der Waals surface area contributed by atoms with Gasteiger partial charge in [-0.1, -0.05) is 0 Å². The number of nitrogens with zero attached hydrogens (tertiary/aromatic N) is 7. The van der Waals surface area contributed by atoms with Gasteiger partial charge in [-0.2, -0.15) is 19.0 Å². The number of aromatic nitrogens is 5. The van der Waals surface area contributed by atoms with E-state index in [9.17, 15) is 19.0 Å². The normalized spacial score (nSPS) is 16.2. The van der Waals surface area contributed by atoms with Crippen LogP contribution in [0.25, 0.3) is 16.9 Å². The highest BCUT2D eigenvalue weighted by molar-refractivity contribution is 7.98. The molecule has 4 aromatic rings. The molecule has 5 rings (SSSR count). The first-order chi connectivity index (χ1) is 21.3. The predicted octanol–water partition coefficient (Wildman–Crippen LogP) is 2.95. The molecule has 0 aliphatic carbocycles. The summed E-state index contributed by atoms with van der Waals surface area (Å²) in [7, 11) is 4.07. The lowest BCUT2D eigenvalue weighted by Crippen LogP contribution is -2.49. The third kappa shape index (κ3) is 7.47. The summed E-state index contributed by atoms with van der Waals surface area (Å²) in [5.74, 6) is -0.0525. The fourth-order valence-electron chi connectivity index (χ4n) is 5.48. The van der Waals surface area contributed by atoms with Crippen LogP contribution in [0.15, 0.2) is 53.9 Å². The van der Waals surface area contributed by atoms with Crippen molar-refractivity contribution < 1.29 is 23.7 Å². The average Bonchev–Trinajstić information content (AvgIpc) is 3.63. The third-order valence-corrected chi connectivity index (χ3v) is 8.65. The highest BCUT2D eigenvalue weighted by Crippen LogP contribution is 2.38. The van der Waals surface area contributed by atoms with Gasteiger partial charge in [-0.25, -0.2) is 9.50 Å². The number of hydrogen-bond acceptors (Lipinski definition) is 11. The maximum Gasteiger partial charge on any atom is 0.387 e. The summed E-state index contributed by atoms with van der Waals surface area (Å²) in [6, 6.07) is 7.07. The Labute approximate surface area is 259 Å². The number of thioether (sulfide) groups is 1. The molecular formula is C29H39F2N9O3S. The van der Waals surface area contributed by atoms with Gasteiger partial charge in [0.25, 0.3) is 0 Å². The Bertz CT molecular complexity index is 1510. The van der Waals surface area contributed by atoms with Gasteiger partial charge in [-0.15, -0.1) is 11.8 Å². The number of aliphatic hydroxyl groups is 2. The number of alkyl halides is 2. The molecule has 1 aromatic carbocycles. The first-order valence-corrected chi connectivity index (χ1v) is 15.7. The Morgan fingerprint density at radius 3 is 2.75 bits per heavy atom. The van der Waals surface area contributed by atoms with E-state index in [0.29, 0.717) is 28.5 Å². The van der Waals surface area contributed by atoms with Crippen molar-refractivity contribution in [1.29, 1.82) is 0 Å².